The summed E-state index contributed by atoms with van der Waals surface area (Å²) in [7, 11) is 0. The Hall–Kier alpha value is -4.01. The summed E-state index contributed by atoms with van der Waals surface area (Å²) in [5.41, 5.74) is 3.43. The fraction of sp³-hybridized carbons (Fsp3) is 0. The first-order chi connectivity index (χ1) is 15.8. The van der Waals surface area contributed by atoms with Crippen LogP contribution in [0.2, 0.25) is 10.0 Å². The summed E-state index contributed by atoms with van der Waals surface area (Å²) in [6.07, 6.45) is 3.81. The van der Waals surface area contributed by atoms with E-state index in [1.54, 1.807) is 30.3 Å². The first-order valence-electron chi connectivity index (χ1n) is 9.35. The van der Waals surface area contributed by atoms with E-state index in [9.17, 15) is 19.7 Å². The molecule has 0 fully saturated rings. The maximum absolute atomic E-state index is 12.2. The van der Waals surface area contributed by atoms with Crippen molar-refractivity contribution in [1.29, 1.82) is 0 Å². The van der Waals surface area contributed by atoms with Crippen LogP contribution in [0.25, 0.3) is 6.08 Å². The molecule has 0 heterocycles. The summed E-state index contributed by atoms with van der Waals surface area (Å²) in [5, 5.41) is 15.6. The first-order valence-corrected chi connectivity index (χ1v) is 10.1. The summed E-state index contributed by atoms with van der Waals surface area (Å²) in [5.74, 6) is -1.02. The van der Waals surface area contributed by atoms with E-state index in [0.717, 1.165) is 6.08 Å². The van der Waals surface area contributed by atoms with Gasteiger partial charge in [0.25, 0.3) is 11.6 Å². The predicted octanol–water partition coefficient (Wildman–Crippen LogP) is 5.28. The van der Waals surface area contributed by atoms with Gasteiger partial charge >= 0.3 is 5.97 Å². The van der Waals surface area contributed by atoms with Crippen molar-refractivity contribution in [2.45, 2.75) is 0 Å². The minimum atomic E-state index is -0.719. The fourth-order valence-electron chi connectivity index (χ4n) is 2.59. The summed E-state index contributed by atoms with van der Waals surface area (Å²) in [6.45, 7) is 0. The lowest BCUT2D eigenvalue weighted by molar-refractivity contribution is -0.384. The highest BCUT2D eigenvalue weighted by Gasteiger charge is 2.09. The summed E-state index contributed by atoms with van der Waals surface area (Å²) in [4.78, 5) is 34.7. The van der Waals surface area contributed by atoms with Crippen LogP contribution in [0.1, 0.15) is 21.5 Å². The highest BCUT2D eigenvalue weighted by molar-refractivity contribution is 6.31. The average Bonchev–Trinajstić information content (AvgIpc) is 2.80. The topological polar surface area (TPSA) is 111 Å². The zero-order chi connectivity index (χ0) is 23.8. The van der Waals surface area contributed by atoms with Gasteiger partial charge in [0.2, 0.25) is 0 Å². The van der Waals surface area contributed by atoms with E-state index in [2.05, 4.69) is 10.5 Å². The lowest BCUT2D eigenvalue weighted by atomic mass is 10.2. The smallest absolute Gasteiger partial charge is 0.336 e. The zero-order valence-electron chi connectivity index (χ0n) is 16.8. The Morgan fingerprint density at radius 1 is 1.00 bits per heavy atom. The maximum atomic E-state index is 12.2. The Bertz CT molecular complexity index is 1260. The average molecular weight is 484 g/mol. The fourth-order valence-corrected chi connectivity index (χ4v) is 2.89. The van der Waals surface area contributed by atoms with Gasteiger partial charge in [-0.05, 0) is 54.1 Å². The molecule has 0 unspecified atom stereocenters. The molecule has 0 saturated carbocycles. The van der Waals surface area contributed by atoms with Gasteiger partial charge in [0.1, 0.15) is 5.75 Å². The van der Waals surface area contributed by atoms with E-state index in [-0.39, 0.29) is 11.4 Å². The molecule has 0 saturated heterocycles. The largest absolute Gasteiger partial charge is 0.423 e. The summed E-state index contributed by atoms with van der Waals surface area (Å²) in [6, 6.07) is 16.6. The molecular formula is C23H15Cl2N3O5. The molecule has 3 aromatic carbocycles. The second kappa shape index (κ2) is 11.0. The molecule has 0 aliphatic rings. The van der Waals surface area contributed by atoms with Crippen LogP contribution in [0.3, 0.4) is 0 Å². The van der Waals surface area contributed by atoms with Crippen molar-refractivity contribution in [2.75, 3.05) is 0 Å². The lowest BCUT2D eigenvalue weighted by Crippen LogP contribution is -2.17. The van der Waals surface area contributed by atoms with E-state index >= 15 is 0 Å². The molecule has 3 rings (SSSR count). The number of non-ortho nitro benzene ring substituents is 1. The number of amides is 1. The van der Waals surface area contributed by atoms with Crippen molar-refractivity contribution in [1.82, 2.24) is 5.43 Å². The van der Waals surface area contributed by atoms with Crippen LogP contribution >= 0.6 is 23.2 Å². The molecule has 8 nitrogen and oxygen atoms in total. The number of ether oxygens (including phenoxy) is 1. The monoisotopic (exact) mass is 483 g/mol. The number of hydrogen-bond donors (Lipinski definition) is 1. The third-order valence-corrected chi connectivity index (χ3v) is 4.64. The van der Waals surface area contributed by atoms with Crippen LogP contribution in [-0.4, -0.2) is 23.0 Å². The minimum Gasteiger partial charge on any atom is -0.423 e. The van der Waals surface area contributed by atoms with E-state index in [4.69, 9.17) is 27.9 Å². The molecule has 0 atom stereocenters. The van der Waals surface area contributed by atoms with Crippen LogP contribution in [0.4, 0.5) is 5.69 Å². The number of nitrogens with zero attached hydrogens (tertiary/aromatic N) is 2. The SMILES string of the molecule is O=C(/C=C/c1cccc([N+](=O)[O-])c1)Oc1ccc(Cl)cc1/C=N/NC(=O)c1ccc(Cl)cc1. The highest BCUT2D eigenvalue weighted by atomic mass is 35.5. The molecule has 10 heteroatoms. The normalized spacial score (nSPS) is 11.0. The van der Waals surface area contributed by atoms with Crippen molar-refractivity contribution in [3.8, 4) is 5.75 Å². The van der Waals surface area contributed by atoms with Gasteiger partial charge in [-0.15, -0.1) is 0 Å². The number of rotatable bonds is 7. The second-order valence-corrected chi connectivity index (χ2v) is 7.37. The number of carbonyl (C=O) groups excluding carboxylic acids is 2. The molecule has 0 aromatic heterocycles. The number of halogens is 2. The van der Waals surface area contributed by atoms with E-state index < -0.39 is 16.8 Å². The molecule has 0 radical (unpaired) electrons. The molecule has 33 heavy (non-hydrogen) atoms. The Morgan fingerprint density at radius 2 is 1.73 bits per heavy atom. The summed E-state index contributed by atoms with van der Waals surface area (Å²) < 4.78 is 5.32. The maximum Gasteiger partial charge on any atom is 0.336 e. The lowest BCUT2D eigenvalue weighted by Gasteiger charge is -2.06. The van der Waals surface area contributed by atoms with Crippen LogP contribution < -0.4 is 10.2 Å². The molecule has 0 bridgehead atoms. The molecule has 1 N–H and O–H groups in total. The third kappa shape index (κ3) is 6.99. The Kier molecular flexibility index (Phi) is 7.91. The number of hydrogen-bond acceptors (Lipinski definition) is 6. The number of carbonyl (C=O) groups is 2. The van der Waals surface area contributed by atoms with Crippen molar-refractivity contribution in [3.05, 3.63) is 110 Å². The van der Waals surface area contributed by atoms with Gasteiger partial charge in [-0.1, -0.05) is 35.3 Å². The van der Waals surface area contributed by atoms with Crippen LogP contribution in [0.15, 0.2) is 77.9 Å². The standard InChI is InChI=1S/C23H15Cl2N3O5/c24-18-7-5-16(6-8-18)23(30)27-26-14-17-13-19(25)9-10-21(17)33-22(29)11-4-15-2-1-3-20(12-15)28(31)32/h1-14H,(H,27,30)/b11-4+,26-14+. The number of hydrazone groups is 1. The Balaban J connectivity index is 1.68. The number of nitrogens with one attached hydrogen (secondary N) is 1. The molecule has 0 aliphatic carbocycles. The van der Waals surface area contributed by atoms with Crippen LogP contribution in [-0.2, 0) is 4.79 Å². The van der Waals surface area contributed by atoms with Crippen molar-refractivity contribution in [3.63, 3.8) is 0 Å². The minimum absolute atomic E-state index is 0.0950. The highest BCUT2D eigenvalue weighted by Crippen LogP contribution is 2.22. The van der Waals surface area contributed by atoms with Crippen molar-refractivity contribution < 1.29 is 19.2 Å². The molecule has 0 spiro atoms. The Morgan fingerprint density at radius 3 is 2.45 bits per heavy atom. The molecule has 3 aromatic rings. The molecule has 166 valence electrons. The number of nitro groups is 1. The van der Waals surface area contributed by atoms with Gasteiger partial charge in [0.05, 0.1) is 11.1 Å². The van der Waals surface area contributed by atoms with Gasteiger partial charge in [0, 0.05) is 39.4 Å². The van der Waals surface area contributed by atoms with Gasteiger partial charge in [-0.25, -0.2) is 10.2 Å². The second-order valence-electron chi connectivity index (χ2n) is 6.49. The van der Waals surface area contributed by atoms with Gasteiger partial charge in [0.15, 0.2) is 0 Å². The molecule has 0 aliphatic heterocycles. The molecule has 1 amide bonds. The van der Waals surface area contributed by atoms with Gasteiger partial charge in [-0.2, -0.15) is 5.10 Å². The first kappa shape index (κ1) is 23.6. The number of nitro benzene ring substituents is 1. The quantitative estimate of drug-likeness (QED) is 0.122. The van der Waals surface area contributed by atoms with Crippen LogP contribution in [0, 0.1) is 10.1 Å². The van der Waals surface area contributed by atoms with E-state index in [1.165, 1.54) is 48.7 Å². The zero-order valence-corrected chi connectivity index (χ0v) is 18.3. The van der Waals surface area contributed by atoms with Gasteiger partial charge < -0.3 is 4.74 Å². The predicted molar refractivity (Wildman–Crippen MR) is 126 cm³/mol. The summed E-state index contributed by atoms with van der Waals surface area (Å²) >= 11 is 11.8. The van der Waals surface area contributed by atoms with Crippen molar-refractivity contribution in [2.24, 2.45) is 5.10 Å². The van der Waals surface area contributed by atoms with E-state index in [1.807, 2.05) is 0 Å². The van der Waals surface area contributed by atoms with Crippen LogP contribution in [0.5, 0.6) is 5.75 Å². The molecular weight excluding hydrogens is 469 g/mol. The van der Waals surface area contributed by atoms with E-state index in [0.29, 0.717) is 26.7 Å². The number of esters is 1. The third-order valence-electron chi connectivity index (χ3n) is 4.15. The number of benzene rings is 3. The van der Waals surface area contributed by atoms with Crippen molar-refractivity contribution >= 4 is 53.1 Å². The van der Waals surface area contributed by atoms with Gasteiger partial charge in [-0.3, -0.25) is 14.9 Å². The Labute approximate surface area is 198 Å².